The summed E-state index contributed by atoms with van der Waals surface area (Å²) < 4.78 is 0. The van der Waals surface area contributed by atoms with Gasteiger partial charge in [-0.3, -0.25) is 4.90 Å². The third-order valence-electron chi connectivity index (χ3n) is 5.09. The zero-order valence-corrected chi connectivity index (χ0v) is 11.2. The Morgan fingerprint density at radius 3 is 2.88 bits per heavy atom. The van der Waals surface area contributed by atoms with Gasteiger partial charge in [0.15, 0.2) is 0 Å². The predicted molar refractivity (Wildman–Crippen MR) is 71.2 cm³/mol. The van der Waals surface area contributed by atoms with Crippen LogP contribution in [0.4, 0.5) is 0 Å². The predicted octanol–water partition coefficient (Wildman–Crippen LogP) is 1.15. The first-order valence-corrected chi connectivity index (χ1v) is 7.56. The van der Waals surface area contributed by atoms with Gasteiger partial charge in [0.2, 0.25) is 0 Å². The van der Waals surface area contributed by atoms with E-state index in [1.54, 1.807) is 0 Å². The summed E-state index contributed by atoms with van der Waals surface area (Å²) >= 11 is 0. The van der Waals surface area contributed by atoms with E-state index in [4.69, 9.17) is 0 Å². The van der Waals surface area contributed by atoms with Crippen molar-refractivity contribution in [2.75, 3.05) is 39.3 Å². The van der Waals surface area contributed by atoms with Crippen LogP contribution < -0.4 is 5.32 Å². The summed E-state index contributed by atoms with van der Waals surface area (Å²) in [7, 11) is 0. The van der Waals surface area contributed by atoms with E-state index < -0.39 is 0 Å². The molecule has 3 aliphatic rings. The largest absolute Gasteiger partial charge is 0.313 e. The Morgan fingerprint density at radius 2 is 2.12 bits per heavy atom. The smallest absolute Gasteiger partial charge is 0.0195 e. The summed E-state index contributed by atoms with van der Waals surface area (Å²) in [5, 5.41) is 3.65. The number of nitrogens with zero attached hydrogens (tertiary/aromatic N) is 2. The molecule has 3 aliphatic heterocycles. The second-order valence-corrected chi connectivity index (χ2v) is 6.09. The number of fused-ring (bicyclic) bond motifs is 2. The van der Waals surface area contributed by atoms with Crippen LogP contribution in [-0.2, 0) is 0 Å². The van der Waals surface area contributed by atoms with Crippen molar-refractivity contribution in [3.05, 3.63) is 0 Å². The van der Waals surface area contributed by atoms with Gasteiger partial charge in [0.05, 0.1) is 0 Å². The van der Waals surface area contributed by atoms with E-state index in [-0.39, 0.29) is 0 Å². The van der Waals surface area contributed by atoms with Crippen LogP contribution in [0.2, 0.25) is 0 Å². The molecule has 3 heteroatoms. The Morgan fingerprint density at radius 1 is 1.24 bits per heavy atom. The van der Waals surface area contributed by atoms with Gasteiger partial charge in [0.25, 0.3) is 0 Å². The van der Waals surface area contributed by atoms with Crippen LogP contribution in [0.25, 0.3) is 0 Å². The van der Waals surface area contributed by atoms with Gasteiger partial charge in [0, 0.05) is 25.2 Å². The third-order valence-corrected chi connectivity index (χ3v) is 5.09. The van der Waals surface area contributed by atoms with E-state index in [2.05, 4.69) is 22.0 Å². The summed E-state index contributed by atoms with van der Waals surface area (Å²) in [6.45, 7) is 10.2. The average Bonchev–Trinajstić information content (AvgIpc) is 2.98. The van der Waals surface area contributed by atoms with Crippen LogP contribution in [-0.4, -0.2) is 61.2 Å². The number of piperidine rings is 1. The normalized spacial score (nSPS) is 41.3. The minimum absolute atomic E-state index is 0.773. The van der Waals surface area contributed by atoms with Crippen molar-refractivity contribution in [2.24, 2.45) is 5.92 Å². The summed E-state index contributed by atoms with van der Waals surface area (Å²) in [4.78, 5) is 5.43. The molecule has 98 valence electrons. The first-order valence-electron chi connectivity index (χ1n) is 7.56. The van der Waals surface area contributed by atoms with Crippen molar-refractivity contribution >= 4 is 0 Å². The molecule has 0 saturated carbocycles. The lowest BCUT2D eigenvalue weighted by molar-refractivity contribution is 0.0970. The number of hydrogen-bond acceptors (Lipinski definition) is 3. The second-order valence-electron chi connectivity index (χ2n) is 6.09. The van der Waals surface area contributed by atoms with E-state index in [0.29, 0.717) is 0 Å². The van der Waals surface area contributed by atoms with Gasteiger partial charge in [-0.25, -0.2) is 0 Å². The van der Waals surface area contributed by atoms with Crippen LogP contribution in [0.3, 0.4) is 0 Å². The zero-order valence-electron chi connectivity index (χ0n) is 11.2. The van der Waals surface area contributed by atoms with Gasteiger partial charge in [-0.15, -0.1) is 0 Å². The van der Waals surface area contributed by atoms with Crippen LogP contribution in [0, 0.1) is 5.92 Å². The Kier molecular flexibility index (Phi) is 3.69. The molecule has 4 atom stereocenters. The highest BCUT2D eigenvalue weighted by Gasteiger charge is 2.37. The van der Waals surface area contributed by atoms with Crippen LogP contribution >= 0.6 is 0 Å². The van der Waals surface area contributed by atoms with E-state index in [1.807, 2.05) is 0 Å². The van der Waals surface area contributed by atoms with Gasteiger partial charge in [0.1, 0.15) is 0 Å². The molecule has 2 bridgehead atoms. The average molecular weight is 237 g/mol. The number of rotatable bonds is 4. The van der Waals surface area contributed by atoms with E-state index in [9.17, 15) is 0 Å². The minimum atomic E-state index is 0.773. The molecule has 0 amide bonds. The molecule has 0 spiro atoms. The minimum Gasteiger partial charge on any atom is -0.313 e. The Balaban J connectivity index is 1.59. The maximum Gasteiger partial charge on any atom is 0.0195 e. The summed E-state index contributed by atoms with van der Waals surface area (Å²) in [5.74, 6) is 0.963. The van der Waals surface area contributed by atoms with Crippen molar-refractivity contribution in [1.29, 1.82) is 0 Å². The second kappa shape index (κ2) is 5.25. The molecule has 3 nitrogen and oxygen atoms in total. The van der Waals surface area contributed by atoms with Crippen LogP contribution in [0.15, 0.2) is 0 Å². The van der Waals surface area contributed by atoms with Crippen molar-refractivity contribution in [1.82, 2.24) is 15.1 Å². The first-order chi connectivity index (χ1) is 8.36. The highest BCUT2D eigenvalue weighted by Crippen LogP contribution is 2.30. The zero-order chi connectivity index (χ0) is 11.7. The molecular formula is C14H27N3. The number of likely N-dealkylation sites (N-methyl/N-ethyl adjacent to an activating group) is 1. The molecule has 0 aromatic heterocycles. The fourth-order valence-electron chi connectivity index (χ4n) is 4.11. The molecule has 0 aliphatic carbocycles. The molecular weight excluding hydrogens is 210 g/mol. The topological polar surface area (TPSA) is 18.5 Å². The monoisotopic (exact) mass is 237 g/mol. The molecule has 0 radical (unpaired) electrons. The van der Waals surface area contributed by atoms with Gasteiger partial charge >= 0.3 is 0 Å². The Bertz CT molecular complexity index is 250. The van der Waals surface area contributed by atoms with Gasteiger partial charge in [-0.05, 0) is 57.8 Å². The fraction of sp³-hybridized carbons (Fsp3) is 1.00. The lowest BCUT2D eigenvalue weighted by Crippen LogP contribution is -2.50. The molecule has 17 heavy (non-hydrogen) atoms. The lowest BCUT2D eigenvalue weighted by atomic mass is 9.92. The molecule has 4 unspecified atom stereocenters. The summed E-state index contributed by atoms with van der Waals surface area (Å²) in [6, 6.07) is 1.65. The summed E-state index contributed by atoms with van der Waals surface area (Å²) in [5.41, 5.74) is 0. The maximum atomic E-state index is 3.65. The van der Waals surface area contributed by atoms with Crippen molar-refractivity contribution in [3.63, 3.8) is 0 Å². The van der Waals surface area contributed by atoms with Crippen molar-refractivity contribution in [3.8, 4) is 0 Å². The molecule has 3 heterocycles. The van der Waals surface area contributed by atoms with Gasteiger partial charge < -0.3 is 10.2 Å². The highest BCUT2D eigenvalue weighted by atomic mass is 15.2. The van der Waals surface area contributed by atoms with E-state index in [0.717, 1.165) is 18.0 Å². The lowest BCUT2D eigenvalue weighted by Gasteiger charge is -2.39. The van der Waals surface area contributed by atoms with Crippen molar-refractivity contribution < 1.29 is 0 Å². The quantitative estimate of drug-likeness (QED) is 0.791. The van der Waals surface area contributed by atoms with E-state index in [1.165, 1.54) is 65.0 Å². The van der Waals surface area contributed by atoms with Crippen molar-refractivity contribution in [2.45, 2.75) is 44.7 Å². The van der Waals surface area contributed by atoms with Crippen LogP contribution in [0.1, 0.15) is 32.6 Å². The SMILES string of the molecule is CCN(CC1CCCN1)C1CCN2CCC1C2. The van der Waals surface area contributed by atoms with Gasteiger partial charge in [-0.2, -0.15) is 0 Å². The number of hydrogen-bond donors (Lipinski definition) is 1. The Hall–Kier alpha value is -0.120. The highest BCUT2D eigenvalue weighted by molar-refractivity contribution is 4.93. The molecule has 3 fully saturated rings. The molecule has 0 aromatic rings. The standard InChI is InChI=1S/C14H27N3/c1-2-17(11-13-4-3-7-15-13)14-6-9-16-8-5-12(14)10-16/h12-15H,2-11H2,1H3. The van der Waals surface area contributed by atoms with Gasteiger partial charge in [-0.1, -0.05) is 6.92 Å². The number of nitrogens with one attached hydrogen (secondary N) is 1. The Labute approximate surface area is 106 Å². The third kappa shape index (κ3) is 2.51. The summed E-state index contributed by atoms with van der Waals surface area (Å²) in [6.07, 6.45) is 5.62. The molecule has 0 aromatic carbocycles. The van der Waals surface area contributed by atoms with Crippen LogP contribution in [0.5, 0.6) is 0 Å². The van der Waals surface area contributed by atoms with E-state index >= 15 is 0 Å². The fourth-order valence-corrected chi connectivity index (χ4v) is 4.11. The molecule has 3 saturated heterocycles. The molecule has 3 rings (SSSR count). The maximum absolute atomic E-state index is 3.65. The molecule has 1 N–H and O–H groups in total. The first kappa shape index (κ1) is 11.9.